The van der Waals surface area contributed by atoms with E-state index in [0.29, 0.717) is 6.54 Å². The molecule has 1 aliphatic rings. The molecule has 0 amide bonds. The number of anilines is 1. The average molecular weight is 219 g/mol. The van der Waals surface area contributed by atoms with Crippen molar-refractivity contribution in [3.8, 4) is 0 Å². The maximum Gasteiger partial charge on any atom is 0.0765 e. The van der Waals surface area contributed by atoms with Crippen LogP contribution in [0.2, 0.25) is 0 Å². The molecule has 1 heterocycles. The third-order valence-electron chi connectivity index (χ3n) is 3.03. The van der Waals surface area contributed by atoms with Crippen LogP contribution >= 0.6 is 0 Å². The third-order valence-corrected chi connectivity index (χ3v) is 3.03. The van der Waals surface area contributed by atoms with Crippen molar-refractivity contribution in [2.45, 2.75) is 38.7 Å². The Kier molecular flexibility index (Phi) is 3.20. The molecule has 1 N–H and O–H groups in total. The molecule has 1 aliphatic heterocycles. The zero-order chi connectivity index (χ0) is 11.6. The Morgan fingerprint density at radius 3 is 2.75 bits per heavy atom. The molecule has 0 saturated heterocycles. The molecule has 0 radical (unpaired) electrons. The summed E-state index contributed by atoms with van der Waals surface area (Å²) in [6.45, 7) is 5.52. The van der Waals surface area contributed by atoms with E-state index in [1.165, 1.54) is 30.5 Å². The highest BCUT2D eigenvalue weighted by Gasteiger charge is 2.21. The lowest BCUT2D eigenvalue weighted by atomic mass is 10.1. The Morgan fingerprint density at radius 2 is 2.00 bits per heavy atom. The number of fused-ring (bicyclic) bond motifs is 1. The Morgan fingerprint density at radius 1 is 1.25 bits per heavy atom. The molecule has 0 saturated carbocycles. The molecular formula is C14H21NO. The van der Waals surface area contributed by atoms with Crippen LogP contribution in [0.1, 0.15) is 32.3 Å². The largest absolute Gasteiger partial charge is 0.389 e. The Bertz CT molecular complexity index is 354. The van der Waals surface area contributed by atoms with E-state index in [4.69, 9.17) is 0 Å². The predicted octanol–water partition coefficient (Wildman–Crippen LogP) is 2.60. The van der Waals surface area contributed by atoms with Crippen LogP contribution in [0.3, 0.4) is 0 Å². The third kappa shape index (κ3) is 2.76. The summed E-state index contributed by atoms with van der Waals surface area (Å²) in [5.41, 5.74) is 2.10. The maximum atomic E-state index is 9.95. The summed E-state index contributed by atoms with van der Waals surface area (Å²) in [6.07, 6.45) is 3.63. The lowest BCUT2D eigenvalue weighted by Crippen LogP contribution is -2.39. The van der Waals surface area contributed by atoms with Crippen LogP contribution in [0.15, 0.2) is 24.3 Å². The number of rotatable bonds is 2. The summed E-state index contributed by atoms with van der Waals surface area (Å²) in [5, 5.41) is 9.95. The van der Waals surface area contributed by atoms with Gasteiger partial charge in [-0.1, -0.05) is 18.2 Å². The SMILES string of the molecule is CC(C)(O)CN1CCCCc2ccccc21. The summed E-state index contributed by atoms with van der Waals surface area (Å²) in [6, 6.07) is 8.57. The number of nitrogens with zero attached hydrogens (tertiary/aromatic N) is 1. The van der Waals surface area contributed by atoms with E-state index in [2.05, 4.69) is 29.2 Å². The fourth-order valence-corrected chi connectivity index (χ4v) is 2.40. The molecule has 0 unspecified atom stereocenters. The normalized spacial score (nSPS) is 16.8. The minimum atomic E-state index is -0.628. The lowest BCUT2D eigenvalue weighted by Gasteiger charge is -2.31. The second-order valence-electron chi connectivity index (χ2n) is 5.32. The van der Waals surface area contributed by atoms with Crippen LogP contribution in [-0.2, 0) is 6.42 Å². The molecule has 0 aromatic heterocycles. The van der Waals surface area contributed by atoms with Gasteiger partial charge >= 0.3 is 0 Å². The number of aliphatic hydroxyl groups is 1. The van der Waals surface area contributed by atoms with Crippen molar-refractivity contribution in [1.29, 1.82) is 0 Å². The molecule has 0 fully saturated rings. The number of hydrogen-bond acceptors (Lipinski definition) is 2. The predicted molar refractivity (Wildman–Crippen MR) is 67.9 cm³/mol. The minimum Gasteiger partial charge on any atom is -0.389 e. The van der Waals surface area contributed by atoms with Crippen molar-refractivity contribution in [3.05, 3.63) is 29.8 Å². The van der Waals surface area contributed by atoms with Crippen molar-refractivity contribution < 1.29 is 5.11 Å². The smallest absolute Gasteiger partial charge is 0.0765 e. The zero-order valence-corrected chi connectivity index (χ0v) is 10.2. The zero-order valence-electron chi connectivity index (χ0n) is 10.2. The number of hydrogen-bond donors (Lipinski definition) is 1. The van der Waals surface area contributed by atoms with E-state index in [9.17, 15) is 5.11 Å². The summed E-state index contributed by atoms with van der Waals surface area (Å²) < 4.78 is 0. The molecule has 0 bridgehead atoms. The minimum absolute atomic E-state index is 0.628. The van der Waals surface area contributed by atoms with Gasteiger partial charge in [0.15, 0.2) is 0 Å². The first-order chi connectivity index (χ1) is 7.56. The summed E-state index contributed by atoms with van der Waals surface area (Å²) in [5.74, 6) is 0. The maximum absolute atomic E-state index is 9.95. The monoisotopic (exact) mass is 219 g/mol. The van der Waals surface area contributed by atoms with Gasteiger partial charge in [0.1, 0.15) is 0 Å². The molecule has 88 valence electrons. The van der Waals surface area contributed by atoms with Gasteiger partial charge < -0.3 is 10.0 Å². The van der Waals surface area contributed by atoms with Gasteiger partial charge in [-0.05, 0) is 44.7 Å². The Labute approximate surface area is 97.9 Å². The van der Waals surface area contributed by atoms with Gasteiger partial charge in [0, 0.05) is 18.8 Å². The molecule has 2 heteroatoms. The number of β-amino-alcohol motifs (C(OH)–C–C–N with tert-alkyl or cyclic N) is 1. The fraction of sp³-hybridized carbons (Fsp3) is 0.571. The molecule has 1 aromatic carbocycles. The molecule has 0 spiro atoms. The summed E-state index contributed by atoms with van der Waals surface area (Å²) >= 11 is 0. The van der Waals surface area contributed by atoms with Crippen molar-refractivity contribution >= 4 is 5.69 Å². The fourth-order valence-electron chi connectivity index (χ4n) is 2.40. The van der Waals surface area contributed by atoms with E-state index < -0.39 is 5.60 Å². The van der Waals surface area contributed by atoms with Gasteiger partial charge in [0.2, 0.25) is 0 Å². The van der Waals surface area contributed by atoms with Crippen molar-refractivity contribution in [2.24, 2.45) is 0 Å². The van der Waals surface area contributed by atoms with Crippen molar-refractivity contribution in [1.82, 2.24) is 0 Å². The quantitative estimate of drug-likeness (QED) is 0.826. The van der Waals surface area contributed by atoms with Gasteiger partial charge in [-0.25, -0.2) is 0 Å². The van der Waals surface area contributed by atoms with Gasteiger partial charge in [-0.3, -0.25) is 0 Å². The second kappa shape index (κ2) is 4.46. The molecule has 0 atom stereocenters. The molecule has 1 aromatic rings. The van der Waals surface area contributed by atoms with E-state index in [0.717, 1.165) is 6.54 Å². The molecule has 2 rings (SSSR count). The highest BCUT2D eigenvalue weighted by atomic mass is 16.3. The first-order valence-electron chi connectivity index (χ1n) is 6.11. The molecule has 16 heavy (non-hydrogen) atoms. The number of para-hydroxylation sites is 1. The lowest BCUT2D eigenvalue weighted by molar-refractivity contribution is 0.0873. The highest BCUT2D eigenvalue weighted by molar-refractivity contribution is 5.54. The van der Waals surface area contributed by atoms with E-state index in [-0.39, 0.29) is 0 Å². The van der Waals surface area contributed by atoms with Gasteiger partial charge in [-0.15, -0.1) is 0 Å². The van der Waals surface area contributed by atoms with Gasteiger partial charge in [0.25, 0.3) is 0 Å². The highest BCUT2D eigenvalue weighted by Crippen LogP contribution is 2.27. The van der Waals surface area contributed by atoms with Crippen molar-refractivity contribution in [2.75, 3.05) is 18.0 Å². The molecule has 0 aliphatic carbocycles. The standard InChI is InChI=1S/C14H21NO/c1-14(2,16)11-15-10-6-5-8-12-7-3-4-9-13(12)15/h3-4,7,9,16H,5-6,8,10-11H2,1-2H3. The Hall–Kier alpha value is -1.02. The Balaban J connectivity index is 2.26. The van der Waals surface area contributed by atoms with E-state index in [1.54, 1.807) is 0 Å². The number of aryl methyl sites for hydroxylation is 1. The van der Waals surface area contributed by atoms with Crippen LogP contribution in [-0.4, -0.2) is 23.8 Å². The van der Waals surface area contributed by atoms with Crippen LogP contribution < -0.4 is 4.90 Å². The van der Waals surface area contributed by atoms with E-state index >= 15 is 0 Å². The van der Waals surface area contributed by atoms with Gasteiger partial charge in [0.05, 0.1) is 5.60 Å². The summed E-state index contributed by atoms with van der Waals surface area (Å²) in [4.78, 5) is 2.32. The van der Waals surface area contributed by atoms with E-state index in [1.807, 2.05) is 13.8 Å². The topological polar surface area (TPSA) is 23.5 Å². The number of benzene rings is 1. The first-order valence-corrected chi connectivity index (χ1v) is 6.11. The van der Waals surface area contributed by atoms with Crippen LogP contribution in [0.5, 0.6) is 0 Å². The second-order valence-corrected chi connectivity index (χ2v) is 5.32. The van der Waals surface area contributed by atoms with Crippen LogP contribution in [0.4, 0.5) is 5.69 Å². The molecule has 2 nitrogen and oxygen atoms in total. The van der Waals surface area contributed by atoms with Gasteiger partial charge in [-0.2, -0.15) is 0 Å². The van der Waals surface area contributed by atoms with Crippen molar-refractivity contribution in [3.63, 3.8) is 0 Å². The van der Waals surface area contributed by atoms with Crippen LogP contribution in [0, 0.1) is 0 Å². The summed E-state index contributed by atoms with van der Waals surface area (Å²) in [7, 11) is 0. The first kappa shape index (κ1) is 11.5. The van der Waals surface area contributed by atoms with Crippen LogP contribution in [0.25, 0.3) is 0 Å². The average Bonchev–Trinajstić information content (AvgIpc) is 2.39. The molecular weight excluding hydrogens is 198 g/mol.